The monoisotopic (exact) mass is 447 g/mol. The Balaban J connectivity index is 1.81. The van der Waals surface area contributed by atoms with E-state index in [4.69, 9.17) is 16.9 Å². The molecule has 0 aliphatic rings. The normalized spacial score (nSPS) is 11.0. The van der Waals surface area contributed by atoms with E-state index in [1.807, 2.05) is 0 Å². The number of aryl methyl sites for hydroxylation is 1. The Morgan fingerprint density at radius 3 is 2.26 bits per heavy atom. The third-order valence-electron chi connectivity index (χ3n) is 4.43. The van der Waals surface area contributed by atoms with Crippen LogP contribution in [-0.2, 0) is 6.18 Å². The summed E-state index contributed by atoms with van der Waals surface area (Å²) in [7, 11) is 0. The van der Waals surface area contributed by atoms with E-state index >= 15 is 0 Å². The van der Waals surface area contributed by atoms with Crippen molar-refractivity contribution < 1.29 is 22.4 Å². The first kappa shape index (κ1) is 22.1. The molecular weight excluding hydrogens is 434 g/mol. The Morgan fingerprint density at radius 2 is 1.65 bits per heavy atom. The van der Waals surface area contributed by atoms with Crippen molar-refractivity contribution in [1.29, 1.82) is 5.26 Å². The molecule has 3 aromatic rings. The molecule has 3 aromatic carbocycles. The van der Waals surface area contributed by atoms with Crippen LogP contribution < -0.4 is 10.6 Å². The summed E-state index contributed by atoms with van der Waals surface area (Å²) in [5.74, 6) is -0.668. The first-order valence-electron chi connectivity index (χ1n) is 8.84. The van der Waals surface area contributed by atoms with Crippen LogP contribution in [0.25, 0.3) is 11.1 Å². The third kappa shape index (κ3) is 5.13. The molecule has 0 saturated heterocycles. The number of amides is 2. The van der Waals surface area contributed by atoms with Crippen LogP contribution in [0.4, 0.5) is 33.7 Å². The fraction of sp³-hybridized carbons (Fsp3) is 0.0909. The minimum Gasteiger partial charge on any atom is -0.308 e. The van der Waals surface area contributed by atoms with E-state index in [0.29, 0.717) is 16.8 Å². The van der Waals surface area contributed by atoms with Crippen molar-refractivity contribution >= 4 is 29.0 Å². The smallest absolute Gasteiger partial charge is 0.308 e. The molecule has 2 N–H and O–H groups in total. The first-order chi connectivity index (χ1) is 14.6. The largest absolute Gasteiger partial charge is 0.417 e. The highest BCUT2D eigenvalue weighted by Gasteiger charge is 2.33. The molecule has 0 aromatic heterocycles. The molecule has 31 heavy (non-hydrogen) atoms. The lowest BCUT2D eigenvalue weighted by atomic mass is 9.98. The van der Waals surface area contributed by atoms with E-state index in [9.17, 15) is 22.4 Å². The number of nitrogens with one attached hydrogen (secondary N) is 2. The van der Waals surface area contributed by atoms with Gasteiger partial charge in [0.2, 0.25) is 0 Å². The highest BCUT2D eigenvalue weighted by Crippen LogP contribution is 2.36. The minimum absolute atomic E-state index is 0.0868. The second-order valence-corrected chi connectivity index (χ2v) is 7.01. The van der Waals surface area contributed by atoms with Gasteiger partial charge in [0, 0.05) is 11.4 Å². The average Bonchev–Trinajstić information content (AvgIpc) is 2.70. The van der Waals surface area contributed by atoms with Crippen molar-refractivity contribution in [3.05, 3.63) is 82.1 Å². The number of nitriles is 1. The molecule has 0 aliphatic carbocycles. The van der Waals surface area contributed by atoms with Gasteiger partial charge in [0.1, 0.15) is 11.9 Å². The van der Waals surface area contributed by atoms with E-state index in [0.717, 1.165) is 17.7 Å². The molecule has 4 nitrogen and oxygen atoms in total. The second-order valence-electron chi connectivity index (χ2n) is 6.61. The Hall–Kier alpha value is -3.57. The number of carbonyl (C=O) groups is 1. The van der Waals surface area contributed by atoms with Gasteiger partial charge in [-0.25, -0.2) is 9.18 Å². The number of nitrogens with zero attached hydrogens (tertiary/aromatic N) is 1. The Morgan fingerprint density at radius 1 is 1.00 bits per heavy atom. The van der Waals surface area contributed by atoms with Crippen molar-refractivity contribution in [2.45, 2.75) is 13.1 Å². The fourth-order valence-electron chi connectivity index (χ4n) is 2.90. The number of hydrogen-bond donors (Lipinski definition) is 2. The number of alkyl halides is 3. The summed E-state index contributed by atoms with van der Waals surface area (Å²) >= 11 is 5.57. The molecule has 0 unspecified atom stereocenters. The zero-order valence-electron chi connectivity index (χ0n) is 15.9. The second kappa shape index (κ2) is 8.66. The fourth-order valence-corrected chi connectivity index (χ4v) is 3.12. The van der Waals surface area contributed by atoms with Crippen LogP contribution in [0.5, 0.6) is 0 Å². The van der Waals surface area contributed by atoms with E-state index < -0.39 is 28.6 Å². The van der Waals surface area contributed by atoms with Gasteiger partial charge in [-0.15, -0.1) is 0 Å². The Kier molecular flexibility index (Phi) is 6.18. The molecule has 0 spiro atoms. The van der Waals surface area contributed by atoms with Gasteiger partial charge in [-0.1, -0.05) is 23.7 Å². The van der Waals surface area contributed by atoms with Crippen molar-refractivity contribution in [2.24, 2.45) is 0 Å². The molecule has 0 atom stereocenters. The van der Waals surface area contributed by atoms with Crippen LogP contribution in [0.2, 0.25) is 5.02 Å². The number of hydrogen-bond acceptors (Lipinski definition) is 2. The molecule has 3 rings (SSSR count). The van der Waals surface area contributed by atoms with E-state index in [1.165, 1.54) is 18.2 Å². The van der Waals surface area contributed by atoms with Gasteiger partial charge in [0.15, 0.2) is 0 Å². The summed E-state index contributed by atoms with van der Waals surface area (Å²) in [4.78, 5) is 12.3. The van der Waals surface area contributed by atoms with Crippen LogP contribution in [0.15, 0.2) is 54.6 Å². The van der Waals surface area contributed by atoms with Gasteiger partial charge in [-0.05, 0) is 66.1 Å². The van der Waals surface area contributed by atoms with Crippen LogP contribution in [0, 0.1) is 24.1 Å². The van der Waals surface area contributed by atoms with Crippen LogP contribution in [0.1, 0.15) is 16.7 Å². The number of urea groups is 1. The summed E-state index contributed by atoms with van der Waals surface area (Å²) < 4.78 is 52.9. The summed E-state index contributed by atoms with van der Waals surface area (Å²) in [5.41, 5.74) is 1.02. The molecular formula is C22H14ClF4N3O. The maximum Gasteiger partial charge on any atom is 0.417 e. The third-order valence-corrected chi connectivity index (χ3v) is 4.76. The predicted molar refractivity (Wildman–Crippen MR) is 110 cm³/mol. The number of carbonyl (C=O) groups excluding carboxylic acids is 1. The van der Waals surface area contributed by atoms with Crippen LogP contribution >= 0.6 is 11.6 Å². The average molecular weight is 448 g/mol. The lowest BCUT2D eigenvalue weighted by Crippen LogP contribution is -2.20. The van der Waals surface area contributed by atoms with Crippen molar-refractivity contribution in [1.82, 2.24) is 0 Å². The summed E-state index contributed by atoms with van der Waals surface area (Å²) in [6.07, 6.45) is -4.66. The van der Waals surface area contributed by atoms with Gasteiger partial charge in [-0.3, -0.25) is 0 Å². The van der Waals surface area contributed by atoms with Crippen LogP contribution in [-0.4, -0.2) is 6.03 Å². The zero-order chi connectivity index (χ0) is 22.8. The van der Waals surface area contributed by atoms with Crippen molar-refractivity contribution in [2.75, 3.05) is 10.6 Å². The molecule has 9 heteroatoms. The quantitative estimate of drug-likeness (QED) is 0.425. The minimum atomic E-state index is -4.66. The molecule has 2 amide bonds. The van der Waals surface area contributed by atoms with E-state index in [1.54, 1.807) is 37.3 Å². The number of halogens is 5. The van der Waals surface area contributed by atoms with Gasteiger partial charge in [0.25, 0.3) is 0 Å². The SMILES string of the molecule is Cc1ccc(NC(=O)Nc2ccc(Cl)c(C(F)(F)F)c2)cc1-c1ccc(C#N)c(F)c1. The molecule has 0 fully saturated rings. The summed E-state index contributed by atoms with van der Waals surface area (Å²) in [5, 5.41) is 13.2. The first-order valence-corrected chi connectivity index (χ1v) is 9.21. The maximum atomic E-state index is 14.0. The lowest BCUT2D eigenvalue weighted by molar-refractivity contribution is -0.137. The molecule has 158 valence electrons. The van der Waals surface area contributed by atoms with Crippen molar-refractivity contribution in [3.8, 4) is 17.2 Å². The molecule has 0 heterocycles. The number of rotatable bonds is 3. The highest BCUT2D eigenvalue weighted by molar-refractivity contribution is 6.31. The molecule has 0 saturated carbocycles. The van der Waals surface area contributed by atoms with E-state index in [2.05, 4.69) is 10.6 Å². The zero-order valence-corrected chi connectivity index (χ0v) is 16.7. The predicted octanol–water partition coefficient (Wildman–Crippen LogP) is 6.99. The van der Waals surface area contributed by atoms with Gasteiger partial charge >= 0.3 is 12.2 Å². The van der Waals surface area contributed by atoms with Crippen molar-refractivity contribution in [3.63, 3.8) is 0 Å². The maximum absolute atomic E-state index is 14.0. The van der Waals surface area contributed by atoms with Gasteiger partial charge in [-0.2, -0.15) is 18.4 Å². The summed E-state index contributed by atoms with van der Waals surface area (Å²) in [6, 6.07) is 13.1. The van der Waals surface area contributed by atoms with E-state index in [-0.39, 0.29) is 11.3 Å². The molecule has 0 radical (unpaired) electrons. The lowest BCUT2D eigenvalue weighted by Gasteiger charge is -2.13. The molecule has 0 bridgehead atoms. The summed E-state index contributed by atoms with van der Waals surface area (Å²) in [6.45, 7) is 1.79. The van der Waals surface area contributed by atoms with Gasteiger partial charge < -0.3 is 10.6 Å². The standard InChI is InChI=1S/C22H14ClF4N3O/c1-12-2-5-15(9-17(12)13-3-4-14(11-28)20(24)8-13)29-21(31)30-16-6-7-19(23)18(10-16)22(25,26)27/h2-10H,1H3,(H2,29,30,31). The highest BCUT2D eigenvalue weighted by atomic mass is 35.5. The van der Waals surface area contributed by atoms with Gasteiger partial charge in [0.05, 0.1) is 16.1 Å². The molecule has 0 aliphatic heterocycles. The topological polar surface area (TPSA) is 64.9 Å². The Bertz CT molecular complexity index is 1200. The van der Waals surface area contributed by atoms with Crippen LogP contribution in [0.3, 0.4) is 0 Å². The number of anilines is 2. The Labute approximate surface area is 180 Å². The number of benzene rings is 3.